The highest BCUT2D eigenvalue weighted by molar-refractivity contribution is 9.10. The van der Waals surface area contributed by atoms with E-state index in [9.17, 15) is 13.6 Å². The van der Waals surface area contributed by atoms with Gasteiger partial charge in [0.1, 0.15) is 11.6 Å². The molecule has 0 aliphatic rings. The zero-order valence-electron chi connectivity index (χ0n) is 9.73. The van der Waals surface area contributed by atoms with Crippen LogP contribution in [0.15, 0.2) is 16.6 Å². The van der Waals surface area contributed by atoms with E-state index in [-0.39, 0.29) is 16.7 Å². The van der Waals surface area contributed by atoms with Crippen LogP contribution in [0.2, 0.25) is 0 Å². The Hall–Kier alpha value is -1.05. The van der Waals surface area contributed by atoms with Gasteiger partial charge in [-0.25, -0.2) is 8.78 Å². The average Bonchev–Trinajstić information content (AvgIpc) is 2.32. The quantitative estimate of drug-likeness (QED) is 0.621. The highest BCUT2D eigenvalue weighted by Gasteiger charge is 2.10. The van der Waals surface area contributed by atoms with Crippen LogP contribution in [0, 0.1) is 11.6 Å². The summed E-state index contributed by atoms with van der Waals surface area (Å²) < 4.78 is 31.3. The molecule has 0 radical (unpaired) electrons. The molecule has 100 valence electrons. The normalized spacial score (nSPS) is 10.4. The fourth-order valence-electron chi connectivity index (χ4n) is 1.19. The Labute approximate surface area is 112 Å². The van der Waals surface area contributed by atoms with Gasteiger partial charge in [-0.3, -0.25) is 4.79 Å². The molecule has 0 fully saturated rings. The van der Waals surface area contributed by atoms with Gasteiger partial charge in [0.2, 0.25) is 5.91 Å². The number of carbonyl (C=O) groups excluding carboxylic acids is 1. The van der Waals surface area contributed by atoms with Gasteiger partial charge in [-0.15, -0.1) is 0 Å². The number of halogens is 3. The SMILES string of the molecule is COCCNCC(=O)Nc1cc(F)c(Br)cc1F. The van der Waals surface area contributed by atoms with Crippen molar-refractivity contribution in [3.63, 3.8) is 0 Å². The van der Waals surface area contributed by atoms with Crippen molar-refractivity contribution >= 4 is 27.5 Å². The second kappa shape index (κ2) is 7.40. The predicted octanol–water partition coefficient (Wildman–Crippen LogP) is 1.90. The Morgan fingerprint density at radius 2 is 2.11 bits per heavy atom. The van der Waals surface area contributed by atoms with Gasteiger partial charge in [-0.2, -0.15) is 0 Å². The van der Waals surface area contributed by atoms with Crippen molar-refractivity contribution in [1.82, 2.24) is 5.32 Å². The molecular formula is C11H13BrF2N2O2. The number of methoxy groups -OCH3 is 1. The van der Waals surface area contributed by atoms with Gasteiger partial charge in [-0.05, 0) is 22.0 Å². The molecule has 4 nitrogen and oxygen atoms in total. The highest BCUT2D eigenvalue weighted by Crippen LogP contribution is 2.23. The van der Waals surface area contributed by atoms with Crippen LogP contribution in [0.4, 0.5) is 14.5 Å². The molecule has 0 saturated carbocycles. The first-order chi connectivity index (χ1) is 8.54. The summed E-state index contributed by atoms with van der Waals surface area (Å²) in [5, 5.41) is 5.07. The molecular weight excluding hydrogens is 310 g/mol. The third-order valence-corrected chi connectivity index (χ3v) is 2.66. The number of hydrogen-bond donors (Lipinski definition) is 2. The van der Waals surface area contributed by atoms with Crippen molar-refractivity contribution in [2.24, 2.45) is 0 Å². The van der Waals surface area contributed by atoms with Gasteiger partial charge in [0, 0.05) is 19.7 Å². The van der Waals surface area contributed by atoms with Crippen LogP contribution in [-0.4, -0.2) is 32.7 Å². The Balaban J connectivity index is 2.51. The molecule has 0 heterocycles. The van der Waals surface area contributed by atoms with Gasteiger partial charge >= 0.3 is 0 Å². The van der Waals surface area contributed by atoms with Crippen molar-refractivity contribution in [3.8, 4) is 0 Å². The molecule has 7 heteroatoms. The molecule has 0 spiro atoms. The van der Waals surface area contributed by atoms with E-state index in [1.54, 1.807) is 7.11 Å². The van der Waals surface area contributed by atoms with Crippen LogP contribution in [0.3, 0.4) is 0 Å². The average molecular weight is 323 g/mol. The van der Waals surface area contributed by atoms with Gasteiger partial charge in [0.25, 0.3) is 0 Å². The maximum atomic E-state index is 13.4. The molecule has 0 aromatic heterocycles. The fraction of sp³-hybridized carbons (Fsp3) is 0.364. The van der Waals surface area contributed by atoms with E-state index in [4.69, 9.17) is 4.74 Å². The molecule has 0 atom stereocenters. The minimum Gasteiger partial charge on any atom is -0.383 e. The lowest BCUT2D eigenvalue weighted by Gasteiger charge is -2.08. The number of nitrogens with one attached hydrogen (secondary N) is 2. The number of hydrogen-bond acceptors (Lipinski definition) is 3. The third kappa shape index (κ3) is 4.67. The molecule has 1 amide bonds. The lowest BCUT2D eigenvalue weighted by atomic mass is 10.3. The predicted molar refractivity (Wildman–Crippen MR) is 67.4 cm³/mol. The number of carbonyl (C=O) groups is 1. The maximum Gasteiger partial charge on any atom is 0.238 e. The molecule has 1 aromatic carbocycles. The minimum atomic E-state index is -0.700. The molecule has 18 heavy (non-hydrogen) atoms. The maximum absolute atomic E-state index is 13.4. The van der Waals surface area contributed by atoms with E-state index in [1.165, 1.54) is 0 Å². The van der Waals surface area contributed by atoms with E-state index >= 15 is 0 Å². The van der Waals surface area contributed by atoms with Crippen LogP contribution in [0.1, 0.15) is 0 Å². The van der Waals surface area contributed by atoms with E-state index in [0.717, 1.165) is 12.1 Å². The van der Waals surface area contributed by atoms with Crippen molar-refractivity contribution < 1.29 is 18.3 Å². The number of benzene rings is 1. The number of anilines is 1. The first-order valence-corrected chi connectivity index (χ1v) is 5.98. The number of rotatable bonds is 6. The highest BCUT2D eigenvalue weighted by atomic mass is 79.9. The lowest BCUT2D eigenvalue weighted by molar-refractivity contribution is -0.115. The zero-order valence-corrected chi connectivity index (χ0v) is 11.3. The molecule has 1 aromatic rings. The minimum absolute atomic E-state index is 0.000479. The van der Waals surface area contributed by atoms with Crippen LogP contribution in [-0.2, 0) is 9.53 Å². The first kappa shape index (κ1) is 15.0. The van der Waals surface area contributed by atoms with E-state index in [0.29, 0.717) is 13.2 Å². The topological polar surface area (TPSA) is 50.4 Å². The zero-order chi connectivity index (χ0) is 13.5. The second-order valence-corrected chi connectivity index (χ2v) is 4.32. The molecule has 0 aliphatic heterocycles. The summed E-state index contributed by atoms with van der Waals surface area (Å²) in [6.07, 6.45) is 0. The largest absolute Gasteiger partial charge is 0.383 e. The molecule has 1 rings (SSSR count). The van der Waals surface area contributed by atoms with Crippen LogP contribution >= 0.6 is 15.9 Å². The Morgan fingerprint density at radius 3 is 2.78 bits per heavy atom. The fourth-order valence-corrected chi connectivity index (χ4v) is 1.50. The van der Waals surface area contributed by atoms with Crippen LogP contribution < -0.4 is 10.6 Å². The molecule has 0 saturated heterocycles. The summed E-state index contributed by atoms with van der Waals surface area (Å²) in [7, 11) is 1.54. The summed E-state index contributed by atoms with van der Waals surface area (Å²) in [6, 6.07) is 1.88. The smallest absolute Gasteiger partial charge is 0.238 e. The van der Waals surface area contributed by atoms with Gasteiger partial charge in [-0.1, -0.05) is 0 Å². The summed E-state index contributed by atoms with van der Waals surface area (Å²) in [5.41, 5.74) is -0.186. The van der Waals surface area contributed by atoms with Gasteiger partial charge in [0.05, 0.1) is 23.3 Å². The standard InChI is InChI=1S/C11H13BrF2N2O2/c1-18-3-2-15-6-11(17)16-10-5-8(13)7(12)4-9(10)14/h4-5,15H,2-3,6H2,1H3,(H,16,17). The monoisotopic (exact) mass is 322 g/mol. The number of amides is 1. The van der Waals surface area contributed by atoms with Crippen molar-refractivity contribution in [1.29, 1.82) is 0 Å². The van der Waals surface area contributed by atoms with Gasteiger partial charge < -0.3 is 15.4 Å². The van der Waals surface area contributed by atoms with Gasteiger partial charge in [0.15, 0.2) is 0 Å². The van der Waals surface area contributed by atoms with E-state index < -0.39 is 17.5 Å². The van der Waals surface area contributed by atoms with Crippen molar-refractivity contribution in [3.05, 3.63) is 28.2 Å². The van der Waals surface area contributed by atoms with E-state index in [2.05, 4.69) is 26.6 Å². The molecule has 0 aliphatic carbocycles. The summed E-state index contributed by atoms with van der Waals surface area (Å²) in [6.45, 7) is 0.968. The third-order valence-electron chi connectivity index (χ3n) is 2.05. The van der Waals surface area contributed by atoms with Crippen molar-refractivity contribution in [2.45, 2.75) is 0 Å². The Morgan fingerprint density at radius 1 is 1.39 bits per heavy atom. The Kier molecular flexibility index (Phi) is 6.17. The lowest BCUT2D eigenvalue weighted by Crippen LogP contribution is -2.30. The summed E-state index contributed by atoms with van der Waals surface area (Å²) in [4.78, 5) is 11.4. The molecule has 0 bridgehead atoms. The van der Waals surface area contributed by atoms with E-state index in [1.807, 2.05) is 0 Å². The van der Waals surface area contributed by atoms with Crippen LogP contribution in [0.5, 0.6) is 0 Å². The molecule has 2 N–H and O–H groups in total. The summed E-state index contributed by atoms with van der Waals surface area (Å²) in [5.74, 6) is -1.79. The number of ether oxygens (including phenoxy) is 1. The summed E-state index contributed by atoms with van der Waals surface area (Å²) >= 11 is 2.85. The first-order valence-electron chi connectivity index (χ1n) is 5.18. The van der Waals surface area contributed by atoms with Crippen molar-refractivity contribution in [2.75, 3.05) is 32.1 Å². The molecule has 0 unspecified atom stereocenters. The Bertz CT molecular complexity index is 430. The van der Waals surface area contributed by atoms with Crippen LogP contribution in [0.25, 0.3) is 0 Å². The second-order valence-electron chi connectivity index (χ2n) is 3.46.